The van der Waals surface area contributed by atoms with Gasteiger partial charge in [-0.15, -0.1) is 0 Å². The predicted octanol–water partition coefficient (Wildman–Crippen LogP) is 2.14. The number of nitriles is 1. The third-order valence-corrected chi connectivity index (χ3v) is 2.64. The van der Waals surface area contributed by atoms with E-state index < -0.39 is 0 Å². The summed E-state index contributed by atoms with van der Waals surface area (Å²) in [4.78, 5) is 11.8. The Morgan fingerprint density at radius 3 is 2.94 bits per heavy atom. The van der Waals surface area contributed by atoms with Gasteiger partial charge in [0, 0.05) is 10.9 Å². The maximum atomic E-state index is 11.8. The molecule has 1 amide bonds. The van der Waals surface area contributed by atoms with Gasteiger partial charge in [-0.25, -0.2) is 0 Å². The van der Waals surface area contributed by atoms with E-state index in [1.54, 1.807) is 25.1 Å². The summed E-state index contributed by atoms with van der Waals surface area (Å²) < 4.78 is 0. The van der Waals surface area contributed by atoms with Gasteiger partial charge in [0.25, 0.3) is 0 Å². The molecule has 0 aromatic heterocycles. The Kier molecular flexibility index (Phi) is 4.95. The van der Waals surface area contributed by atoms with Crippen molar-refractivity contribution in [2.24, 2.45) is 11.7 Å². The second kappa shape index (κ2) is 6.24. The molecule has 0 saturated carbocycles. The van der Waals surface area contributed by atoms with Gasteiger partial charge in [0.1, 0.15) is 6.07 Å². The van der Waals surface area contributed by atoms with E-state index in [2.05, 4.69) is 5.32 Å². The number of amides is 1. The Hall–Kier alpha value is -1.57. The third-order valence-electron chi connectivity index (χ3n) is 2.41. The maximum absolute atomic E-state index is 11.8. The number of carbonyl (C=O) groups is 1. The lowest BCUT2D eigenvalue weighted by Gasteiger charge is -2.12. The summed E-state index contributed by atoms with van der Waals surface area (Å²) in [6, 6.07) is 6.75. The van der Waals surface area contributed by atoms with Gasteiger partial charge in [-0.2, -0.15) is 5.26 Å². The monoisotopic (exact) mass is 251 g/mol. The summed E-state index contributed by atoms with van der Waals surface area (Å²) in [5.41, 5.74) is 6.22. The average Bonchev–Trinajstić information content (AvgIpc) is 2.29. The number of hydrogen-bond donors (Lipinski definition) is 2. The van der Waals surface area contributed by atoms with Crippen LogP contribution >= 0.6 is 11.6 Å². The molecule has 4 nitrogen and oxygen atoms in total. The minimum Gasteiger partial charge on any atom is -0.330 e. The van der Waals surface area contributed by atoms with Crippen LogP contribution in [0.4, 0.5) is 5.69 Å². The molecule has 3 N–H and O–H groups in total. The Labute approximate surface area is 105 Å². The molecule has 0 saturated heterocycles. The topological polar surface area (TPSA) is 78.9 Å². The van der Waals surface area contributed by atoms with E-state index in [9.17, 15) is 4.79 Å². The van der Waals surface area contributed by atoms with Crippen LogP contribution in [-0.2, 0) is 4.79 Å². The number of benzene rings is 1. The zero-order valence-electron chi connectivity index (χ0n) is 9.53. The molecule has 1 aromatic rings. The molecule has 0 radical (unpaired) electrons. The molecule has 0 aliphatic heterocycles. The highest BCUT2D eigenvalue weighted by molar-refractivity contribution is 6.31. The van der Waals surface area contributed by atoms with Gasteiger partial charge < -0.3 is 11.1 Å². The quantitative estimate of drug-likeness (QED) is 0.860. The zero-order valence-corrected chi connectivity index (χ0v) is 10.3. The molecule has 1 atom stereocenters. The lowest BCUT2D eigenvalue weighted by atomic mass is 10.1. The number of anilines is 1. The van der Waals surface area contributed by atoms with E-state index >= 15 is 0 Å². The van der Waals surface area contributed by atoms with Crippen molar-refractivity contribution in [2.45, 2.75) is 13.3 Å². The highest BCUT2D eigenvalue weighted by Gasteiger charge is 2.13. The molecule has 1 rings (SSSR count). The molecular formula is C12H14ClN3O. The van der Waals surface area contributed by atoms with Gasteiger partial charge in [-0.05, 0) is 31.2 Å². The maximum Gasteiger partial charge on any atom is 0.227 e. The van der Waals surface area contributed by atoms with Gasteiger partial charge in [0.15, 0.2) is 0 Å². The first-order valence-electron chi connectivity index (χ1n) is 5.29. The summed E-state index contributed by atoms with van der Waals surface area (Å²) in [7, 11) is 0. The molecular weight excluding hydrogens is 238 g/mol. The van der Waals surface area contributed by atoms with Crippen molar-refractivity contribution in [1.29, 1.82) is 5.26 Å². The molecule has 0 spiro atoms. The molecule has 90 valence electrons. The minimum atomic E-state index is -0.189. The number of nitrogens with two attached hydrogens (primary N) is 1. The smallest absolute Gasteiger partial charge is 0.227 e. The van der Waals surface area contributed by atoms with Crippen molar-refractivity contribution in [3.63, 3.8) is 0 Å². The SMILES string of the molecule is CC(CCN)C(=O)Nc1cc(Cl)ccc1C#N. The van der Waals surface area contributed by atoms with Crippen molar-refractivity contribution in [3.8, 4) is 6.07 Å². The summed E-state index contributed by atoms with van der Waals surface area (Å²) in [6.45, 7) is 2.24. The van der Waals surface area contributed by atoms with Crippen LogP contribution in [0.25, 0.3) is 0 Å². The van der Waals surface area contributed by atoms with Crippen molar-refractivity contribution in [3.05, 3.63) is 28.8 Å². The summed E-state index contributed by atoms with van der Waals surface area (Å²) in [6.07, 6.45) is 0.605. The van der Waals surface area contributed by atoms with Crippen molar-refractivity contribution in [2.75, 3.05) is 11.9 Å². The Morgan fingerprint density at radius 1 is 1.65 bits per heavy atom. The van der Waals surface area contributed by atoms with E-state index in [0.29, 0.717) is 29.2 Å². The fourth-order valence-electron chi connectivity index (χ4n) is 1.35. The molecule has 0 aliphatic carbocycles. The first-order valence-corrected chi connectivity index (χ1v) is 5.67. The van der Waals surface area contributed by atoms with Crippen LogP contribution in [0, 0.1) is 17.2 Å². The fraction of sp³-hybridized carbons (Fsp3) is 0.333. The van der Waals surface area contributed by atoms with E-state index in [1.807, 2.05) is 6.07 Å². The van der Waals surface area contributed by atoms with Crippen molar-refractivity contribution in [1.82, 2.24) is 0 Å². The van der Waals surface area contributed by atoms with Gasteiger partial charge in [0.05, 0.1) is 11.3 Å². The highest BCUT2D eigenvalue weighted by atomic mass is 35.5. The summed E-state index contributed by atoms with van der Waals surface area (Å²) in [5.74, 6) is -0.347. The van der Waals surface area contributed by atoms with E-state index in [-0.39, 0.29) is 11.8 Å². The van der Waals surface area contributed by atoms with Crippen molar-refractivity contribution < 1.29 is 4.79 Å². The standard InChI is InChI=1S/C12H14ClN3O/c1-8(4-5-14)12(17)16-11-6-10(13)3-2-9(11)7-15/h2-3,6,8H,4-5,14H2,1H3,(H,16,17). The third kappa shape index (κ3) is 3.74. The lowest BCUT2D eigenvalue weighted by Crippen LogP contribution is -2.23. The molecule has 0 bridgehead atoms. The molecule has 1 aromatic carbocycles. The van der Waals surface area contributed by atoms with Crippen LogP contribution in [0.3, 0.4) is 0 Å². The van der Waals surface area contributed by atoms with Gasteiger partial charge >= 0.3 is 0 Å². The number of halogens is 1. The fourth-order valence-corrected chi connectivity index (χ4v) is 1.53. The number of rotatable bonds is 4. The first-order chi connectivity index (χ1) is 8.08. The van der Waals surface area contributed by atoms with Crippen LogP contribution < -0.4 is 11.1 Å². The van der Waals surface area contributed by atoms with Crippen LogP contribution in [0.2, 0.25) is 5.02 Å². The second-order valence-corrected chi connectivity index (χ2v) is 4.21. The summed E-state index contributed by atoms with van der Waals surface area (Å²) in [5, 5.41) is 12.1. The Bertz CT molecular complexity index is 454. The summed E-state index contributed by atoms with van der Waals surface area (Å²) >= 11 is 5.82. The zero-order chi connectivity index (χ0) is 12.8. The number of carbonyl (C=O) groups excluding carboxylic acids is 1. The lowest BCUT2D eigenvalue weighted by molar-refractivity contribution is -0.119. The number of hydrogen-bond acceptors (Lipinski definition) is 3. The Morgan fingerprint density at radius 2 is 2.35 bits per heavy atom. The van der Waals surface area contributed by atoms with Gasteiger partial charge in [0.2, 0.25) is 5.91 Å². The molecule has 17 heavy (non-hydrogen) atoms. The number of nitrogens with one attached hydrogen (secondary N) is 1. The second-order valence-electron chi connectivity index (χ2n) is 3.77. The Balaban J connectivity index is 2.84. The normalized spacial score (nSPS) is 11.6. The van der Waals surface area contributed by atoms with Crippen LogP contribution in [0.1, 0.15) is 18.9 Å². The predicted molar refractivity (Wildman–Crippen MR) is 67.6 cm³/mol. The van der Waals surface area contributed by atoms with Crippen LogP contribution in [0.5, 0.6) is 0 Å². The molecule has 0 aliphatic rings. The van der Waals surface area contributed by atoms with Gasteiger partial charge in [-0.3, -0.25) is 4.79 Å². The van der Waals surface area contributed by atoms with Crippen LogP contribution in [-0.4, -0.2) is 12.5 Å². The van der Waals surface area contributed by atoms with E-state index in [1.165, 1.54) is 0 Å². The minimum absolute atomic E-state index is 0.158. The van der Waals surface area contributed by atoms with Crippen molar-refractivity contribution >= 4 is 23.2 Å². The highest BCUT2D eigenvalue weighted by Crippen LogP contribution is 2.21. The van der Waals surface area contributed by atoms with Crippen LogP contribution in [0.15, 0.2) is 18.2 Å². The molecule has 0 fully saturated rings. The van der Waals surface area contributed by atoms with Gasteiger partial charge in [-0.1, -0.05) is 18.5 Å². The molecule has 5 heteroatoms. The molecule has 1 unspecified atom stereocenters. The largest absolute Gasteiger partial charge is 0.330 e. The molecule has 0 heterocycles. The first kappa shape index (κ1) is 13.5. The van der Waals surface area contributed by atoms with E-state index in [4.69, 9.17) is 22.6 Å². The van der Waals surface area contributed by atoms with E-state index in [0.717, 1.165) is 0 Å². The number of nitrogens with zero attached hydrogens (tertiary/aromatic N) is 1. The average molecular weight is 252 g/mol.